The average Bonchev–Trinajstić information content (AvgIpc) is 2.41. The fraction of sp³-hybridized carbons (Fsp3) is 0.133. The molecule has 0 aliphatic carbocycles. The Balaban J connectivity index is 2.22. The van der Waals surface area contributed by atoms with Crippen LogP contribution in [0.4, 0.5) is 10.1 Å². The summed E-state index contributed by atoms with van der Waals surface area (Å²) >= 11 is 8.40. The molecule has 1 atom stereocenters. The molecule has 2 aromatic rings. The second-order valence-corrected chi connectivity index (χ2v) is 5.74. The lowest BCUT2D eigenvalue weighted by molar-refractivity contribution is 0.600. The zero-order valence-electron chi connectivity index (χ0n) is 10.9. The van der Waals surface area contributed by atoms with E-state index in [9.17, 15) is 4.39 Å². The highest BCUT2D eigenvalue weighted by molar-refractivity contribution is 9.10. The van der Waals surface area contributed by atoms with Gasteiger partial charge in [0.2, 0.25) is 0 Å². The van der Waals surface area contributed by atoms with Gasteiger partial charge in [-0.15, -0.1) is 0 Å². The van der Waals surface area contributed by atoms with Crippen molar-refractivity contribution in [3.8, 4) is 0 Å². The first-order valence-electron chi connectivity index (χ1n) is 6.09. The van der Waals surface area contributed by atoms with Crippen LogP contribution in [0, 0.1) is 5.82 Å². The highest BCUT2D eigenvalue weighted by atomic mass is 79.9. The zero-order valence-corrected chi connectivity index (χ0v) is 13.3. The predicted molar refractivity (Wildman–Crippen MR) is 88.5 cm³/mol. The highest BCUT2D eigenvalue weighted by Gasteiger charge is 2.12. The van der Waals surface area contributed by atoms with Crippen LogP contribution in [0.25, 0.3) is 0 Å². The van der Waals surface area contributed by atoms with E-state index in [4.69, 9.17) is 18.0 Å². The minimum Gasteiger partial charge on any atom is -0.389 e. The van der Waals surface area contributed by atoms with Gasteiger partial charge in [0.15, 0.2) is 0 Å². The number of anilines is 1. The number of hydrogen-bond acceptors (Lipinski definition) is 2. The van der Waals surface area contributed by atoms with Gasteiger partial charge < -0.3 is 11.1 Å². The second kappa shape index (κ2) is 6.33. The molecule has 0 fully saturated rings. The van der Waals surface area contributed by atoms with Gasteiger partial charge in [-0.3, -0.25) is 0 Å². The van der Waals surface area contributed by atoms with E-state index in [1.54, 1.807) is 12.1 Å². The Bertz CT molecular complexity index is 646. The molecule has 0 spiro atoms. The summed E-state index contributed by atoms with van der Waals surface area (Å²) in [6.07, 6.45) is 0. The maximum atomic E-state index is 13.7. The molecular formula is C15H14BrFN2S. The average molecular weight is 353 g/mol. The van der Waals surface area contributed by atoms with Crippen molar-refractivity contribution in [2.45, 2.75) is 13.0 Å². The molecule has 0 heterocycles. The molecular weight excluding hydrogens is 339 g/mol. The van der Waals surface area contributed by atoms with Crippen molar-refractivity contribution < 1.29 is 4.39 Å². The Hall–Kier alpha value is -1.46. The summed E-state index contributed by atoms with van der Waals surface area (Å²) in [6, 6.07) is 12.1. The smallest absolute Gasteiger partial charge is 0.128 e. The van der Waals surface area contributed by atoms with Crippen molar-refractivity contribution in [1.29, 1.82) is 0 Å². The molecule has 0 bridgehead atoms. The van der Waals surface area contributed by atoms with Crippen molar-refractivity contribution >= 4 is 38.8 Å². The van der Waals surface area contributed by atoms with E-state index in [2.05, 4.69) is 21.2 Å². The molecule has 0 saturated carbocycles. The van der Waals surface area contributed by atoms with E-state index in [1.807, 2.05) is 31.2 Å². The van der Waals surface area contributed by atoms with E-state index in [-0.39, 0.29) is 11.9 Å². The van der Waals surface area contributed by atoms with Crippen molar-refractivity contribution in [3.05, 3.63) is 63.9 Å². The lowest BCUT2D eigenvalue weighted by Crippen LogP contribution is -2.11. The summed E-state index contributed by atoms with van der Waals surface area (Å²) in [7, 11) is 0. The fourth-order valence-corrected chi connectivity index (χ4v) is 2.54. The Kier molecular flexibility index (Phi) is 4.73. The van der Waals surface area contributed by atoms with Gasteiger partial charge in [-0.05, 0) is 47.1 Å². The topological polar surface area (TPSA) is 38.0 Å². The van der Waals surface area contributed by atoms with Crippen LogP contribution in [-0.2, 0) is 0 Å². The highest BCUT2D eigenvalue weighted by Crippen LogP contribution is 2.28. The molecule has 0 aliphatic rings. The fourth-order valence-electron chi connectivity index (χ4n) is 1.92. The molecule has 2 rings (SSSR count). The van der Waals surface area contributed by atoms with Gasteiger partial charge in [0.05, 0.1) is 6.04 Å². The minimum atomic E-state index is -0.219. The summed E-state index contributed by atoms with van der Waals surface area (Å²) in [5.74, 6) is -0.219. The molecule has 104 valence electrons. The number of thiocarbonyl (C=S) groups is 1. The Morgan fingerprint density at radius 3 is 2.60 bits per heavy atom. The molecule has 5 heteroatoms. The van der Waals surface area contributed by atoms with Crippen LogP contribution < -0.4 is 11.1 Å². The molecule has 3 N–H and O–H groups in total. The Morgan fingerprint density at radius 2 is 2.00 bits per heavy atom. The van der Waals surface area contributed by atoms with Gasteiger partial charge in [-0.1, -0.05) is 30.4 Å². The van der Waals surface area contributed by atoms with Crippen molar-refractivity contribution in [2.24, 2.45) is 5.73 Å². The van der Waals surface area contributed by atoms with Crippen molar-refractivity contribution in [2.75, 3.05) is 5.32 Å². The number of hydrogen-bond donors (Lipinski definition) is 2. The molecule has 0 aromatic heterocycles. The normalized spacial score (nSPS) is 11.9. The van der Waals surface area contributed by atoms with Gasteiger partial charge >= 0.3 is 0 Å². The maximum Gasteiger partial charge on any atom is 0.128 e. The third kappa shape index (κ3) is 3.35. The van der Waals surface area contributed by atoms with Gasteiger partial charge in [0, 0.05) is 21.3 Å². The summed E-state index contributed by atoms with van der Waals surface area (Å²) in [5, 5.41) is 3.26. The van der Waals surface area contributed by atoms with E-state index >= 15 is 0 Å². The third-order valence-electron chi connectivity index (χ3n) is 3.00. The lowest BCUT2D eigenvalue weighted by Gasteiger charge is -2.18. The molecule has 0 aliphatic heterocycles. The number of nitrogens with one attached hydrogen (secondary N) is 1. The first-order chi connectivity index (χ1) is 9.49. The number of nitrogens with two attached hydrogens (primary N) is 1. The molecule has 0 saturated heterocycles. The summed E-state index contributed by atoms with van der Waals surface area (Å²) in [5.41, 5.74) is 7.86. The van der Waals surface area contributed by atoms with E-state index < -0.39 is 0 Å². The van der Waals surface area contributed by atoms with Crippen LogP contribution in [0.15, 0.2) is 46.9 Å². The molecule has 20 heavy (non-hydrogen) atoms. The zero-order chi connectivity index (χ0) is 14.7. The largest absolute Gasteiger partial charge is 0.389 e. The predicted octanol–water partition coefficient (Wildman–Crippen LogP) is 4.40. The summed E-state index contributed by atoms with van der Waals surface area (Å²) in [4.78, 5) is 0.347. The molecule has 0 radical (unpaired) electrons. The maximum absolute atomic E-state index is 13.7. The van der Waals surface area contributed by atoms with Crippen LogP contribution in [0.2, 0.25) is 0 Å². The first-order valence-corrected chi connectivity index (χ1v) is 7.29. The molecule has 2 nitrogen and oxygen atoms in total. The quantitative estimate of drug-likeness (QED) is 0.801. The standard InChI is InChI=1S/C15H14BrFN2S/c1-9(11-4-2-3-5-13(11)17)19-14-7-6-10(15(18)20)8-12(14)16/h2-9,19H,1H3,(H2,18,20). The van der Waals surface area contributed by atoms with Crippen LogP contribution in [0.3, 0.4) is 0 Å². The summed E-state index contributed by atoms with van der Waals surface area (Å²) < 4.78 is 14.6. The molecule has 2 aromatic carbocycles. The Morgan fingerprint density at radius 1 is 1.30 bits per heavy atom. The van der Waals surface area contributed by atoms with Gasteiger partial charge in [-0.2, -0.15) is 0 Å². The van der Waals surface area contributed by atoms with E-state index in [0.717, 1.165) is 15.7 Å². The molecule has 1 unspecified atom stereocenters. The van der Waals surface area contributed by atoms with Gasteiger partial charge in [-0.25, -0.2) is 4.39 Å². The number of halogens is 2. The SMILES string of the molecule is CC(Nc1ccc(C(N)=S)cc1Br)c1ccccc1F. The number of benzene rings is 2. The van der Waals surface area contributed by atoms with E-state index in [1.165, 1.54) is 6.07 Å². The van der Waals surface area contributed by atoms with E-state index in [0.29, 0.717) is 10.6 Å². The van der Waals surface area contributed by atoms with Crippen LogP contribution in [0.1, 0.15) is 24.1 Å². The minimum absolute atomic E-state index is 0.150. The molecule has 0 amide bonds. The van der Waals surface area contributed by atoms with Gasteiger partial charge in [0.25, 0.3) is 0 Å². The summed E-state index contributed by atoms with van der Waals surface area (Å²) in [6.45, 7) is 1.91. The number of rotatable bonds is 4. The second-order valence-electron chi connectivity index (χ2n) is 4.45. The van der Waals surface area contributed by atoms with Crippen LogP contribution in [0.5, 0.6) is 0 Å². The van der Waals surface area contributed by atoms with Crippen molar-refractivity contribution in [3.63, 3.8) is 0 Å². The monoisotopic (exact) mass is 352 g/mol. The lowest BCUT2D eigenvalue weighted by atomic mass is 10.1. The van der Waals surface area contributed by atoms with Gasteiger partial charge in [0.1, 0.15) is 10.8 Å². The third-order valence-corrected chi connectivity index (χ3v) is 3.89. The van der Waals surface area contributed by atoms with Crippen molar-refractivity contribution in [1.82, 2.24) is 0 Å². The Labute approximate surface area is 131 Å². The van der Waals surface area contributed by atoms with Crippen LogP contribution >= 0.6 is 28.1 Å². The first kappa shape index (κ1) is 14.9. The van der Waals surface area contributed by atoms with Crippen LogP contribution in [-0.4, -0.2) is 4.99 Å².